The lowest BCUT2D eigenvalue weighted by Crippen LogP contribution is -2.35. The largest absolute Gasteiger partial charge is 0.490 e. The minimum atomic E-state index is -0.488. The zero-order valence-corrected chi connectivity index (χ0v) is 19.1. The number of ether oxygens (including phenoxy) is 2. The Bertz CT molecular complexity index is 1220. The van der Waals surface area contributed by atoms with Crippen molar-refractivity contribution in [3.63, 3.8) is 0 Å². The Hall–Kier alpha value is -3.77. The van der Waals surface area contributed by atoms with Gasteiger partial charge in [-0.1, -0.05) is 59.6 Å². The molecule has 0 aromatic heterocycles. The molecule has 0 radical (unpaired) electrons. The van der Waals surface area contributed by atoms with Crippen LogP contribution in [-0.4, -0.2) is 18.4 Å². The van der Waals surface area contributed by atoms with Crippen molar-refractivity contribution in [1.82, 2.24) is 5.43 Å². The van der Waals surface area contributed by atoms with Crippen LogP contribution in [0.5, 0.6) is 11.5 Å². The summed E-state index contributed by atoms with van der Waals surface area (Å²) in [6.45, 7) is 4.60. The van der Waals surface area contributed by atoms with Crippen molar-refractivity contribution in [3.05, 3.63) is 94.0 Å². The molecule has 3 aromatic carbocycles. The molecule has 4 rings (SSSR count). The van der Waals surface area contributed by atoms with Crippen LogP contribution in [0.15, 0.2) is 72.3 Å². The molecule has 33 heavy (non-hydrogen) atoms. The first-order chi connectivity index (χ1) is 16.0. The number of nitrogens with one attached hydrogen (secondary N) is 1. The molecule has 0 bridgehead atoms. The van der Waals surface area contributed by atoms with Crippen molar-refractivity contribution in [3.8, 4) is 11.5 Å². The van der Waals surface area contributed by atoms with Crippen LogP contribution in [0.2, 0.25) is 5.02 Å². The van der Waals surface area contributed by atoms with Gasteiger partial charge in [-0.05, 0) is 55.3 Å². The lowest BCUT2D eigenvalue weighted by molar-refractivity contribution is -0.117. The van der Waals surface area contributed by atoms with Crippen molar-refractivity contribution >= 4 is 35.2 Å². The van der Waals surface area contributed by atoms with Gasteiger partial charge < -0.3 is 9.47 Å². The van der Waals surface area contributed by atoms with Crippen LogP contribution in [0, 0.1) is 6.92 Å². The Kier molecular flexibility index (Phi) is 6.66. The van der Waals surface area contributed by atoms with E-state index in [1.54, 1.807) is 36.4 Å². The first kappa shape index (κ1) is 22.4. The summed E-state index contributed by atoms with van der Waals surface area (Å²) in [6.07, 6.45) is 1.50. The fraction of sp³-hybridized carbons (Fsp3) is 0.154. The first-order valence-corrected chi connectivity index (χ1v) is 10.9. The van der Waals surface area contributed by atoms with E-state index in [1.807, 2.05) is 44.2 Å². The number of nitrogens with zero attached hydrogens (tertiary/aromatic N) is 1. The third kappa shape index (κ3) is 5.02. The predicted octanol–water partition coefficient (Wildman–Crippen LogP) is 5.09. The molecule has 6 nitrogen and oxygen atoms in total. The monoisotopic (exact) mass is 462 g/mol. The fourth-order valence-corrected chi connectivity index (χ4v) is 3.79. The molecule has 7 heteroatoms. The minimum Gasteiger partial charge on any atom is -0.490 e. The van der Waals surface area contributed by atoms with Gasteiger partial charge in [-0.2, -0.15) is 0 Å². The second-order valence-corrected chi connectivity index (χ2v) is 7.92. The molecule has 1 saturated heterocycles. The Morgan fingerprint density at radius 1 is 1.00 bits per heavy atom. The zero-order chi connectivity index (χ0) is 23.4. The molecule has 0 aliphatic carbocycles. The van der Waals surface area contributed by atoms with Crippen molar-refractivity contribution in [1.29, 1.82) is 0 Å². The van der Waals surface area contributed by atoms with E-state index in [0.29, 0.717) is 41.0 Å². The number of halogens is 1. The van der Waals surface area contributed by atoms with E-state index in [1.165, 1.54) is 11.1 Å². The molecule has 2 amide bonds. The zero-order valence-electron chi connectivity index (χ0n) is 18.3. The summed E-state index contributed by atoms with van der Waals surface area (Å²) in [5.41, 5.74) is 5.87. The third-order valence-corrected chi connectivity index (χ3v) is 5.29. The SMILES string of the molecule is CCOc1cc(/C=C2\C(=O)NN(c3ccccc3)C2=O)cc(Cl)c1OCc1cccc(C)c1. The molecule has 0 unspecified atom stereocenters. The average molecular weight is 463 g/mol. The number of benzene rings is 3. The smallest absolute Gasteiger partial charge is 0.282 e. The first-order valence-electron chi connectivity index (χ1n) is 10.5. The maximum Gasteiger partial charge on any atom is 0.282 e. The Morgan fingerprint density at radius 3 is 2.52 bits per heavy atom. The molecular weight excluding hydrogens is 440 g/mol. The number of carbonyl (C=O) groups is 2. The van der Waals surface area contributed by atoms with Crippen LogP contribution >= 0.6 is 11.6 Å². The van der Waals surface area contributed by atoms with Gasteiger partial charge in [0.05, 0.1) is 17.3 Å². The van der Waals surface area contributed by atoms with Gasteiger partial charge >= 0.3 is 0 Å². The topological polar surface area (TPSA) is 67.9 Å². The standard InChI is InChI=1S/C26H23ClN2O4/c1-3-32-23-15-19(14-22(27)24(23)33-16-18-9-7-8-17(2)12-18)13-21-25(30)28-29(26(21)31)20-10-5-4-6-11-20/h4-15H,3,16H2,1-2H3,(H,28,30)/b21-13+. The van der Waals surface area contributed by atoms with Gasteiger partial charge in [-0.25, -0.2) is 5.01 Å². The number of para-hydroxylation sites is 1. The number of hydrazine groups is 1. The molecule has 1 N–H and O–H groups in total. The van der Waals surface area contributed by atoms with E-state index >= 15 is 0 Å². The summed E-state index contributed by atoms with van der Waals surface area (Å²) >= 11 is 6.52. The van der Waals surface area contributed by atoms with Crippen molar-refractivity contribution in [2.24, 2.45) is 0 Å². The van der Waals surface area contributed by atoms with E-state index in [0.717, 1.165) is 11.1 Å². The second-order valence-electron chi connectivity index (χ2n) is 7.52. The quantitative estimate of drug-likeness (QED) is 0.392. The minimum absolute atomic E-state index is 0.00537. The van der Waals surface area contributed by atoms with Gasteiger partial charge in [0.25, 0.3) is 11.8 Å². The van der Waals surface area contributed by atoms with E-state index in [9.17, 15) is 9.59 Å². The third-order valence-electron chi connectivity index (χ3n) is 5.01. The fourth-order valence-electron chi connectivity index (χ4n) is 3.51. The molecule has 1 aliphatic rings. The van der Waals surface area contributed by atoms with Gasteiger partial charge in [-0.15, -0.1) is 0 Å². The second kappa shape index (κ2) is 9.79. The van der Waals surface area contributed by atoms with Crippen LogP contribution < -0.4 is 19.9 Å². The summed E-state index contributed by atoms with van der Waals surface area (Å²) in [4.78, 5) is 25.3. The summed E-state index contributed by atoms with van der Waals surface area (Å²) in [5.74, 6) is -0.0803. The molecule has 0 atom stereocenters. The number of carbonyl (C=O) groups excluding carboxylic acids is 2. The van der Waals surface area contributed by atoms with Crippen molar-refractivity contribution in [2.75, 3.05) is 11.6 Å². The molecule has 0 saturated carbocycles. The number of amides is 2. The highest BCUT2D eigenvalue weighted by Crippen LogP contribution is 2.38. The van der Waals surface area contributed by atoms with Gasteiger partial charge in [-0.3, -0.25) is 15.0 Å². The highest BCUT2D eigenvalue weighted by molar-refractivity contribution is 6.33. The van der Waals surface area contributed by atoms with Crippen LogP contribution in [0.4, 0.5) is 5.69 Å². The van der Waals surface area contributed by atoms with Crippen molar-refractivity contribution < 1.29 is 19.1 Å². The molecule has 3 aromatic rings. The molecule has 168 valence electrons. The van der Waals surface area contributed by atoms with Gasteiger partial charge in [0, 0.05) is 0 Å². The predicted molar refractivity (Wildman–Crippen MR) is 128 cm³/mol. The lowest BCUT2D eigenvalue weighted by Gasteiger charge is -2.15. The molecular formula is C26H23ClN2O4. The van der Waals surface area contributed by atoms with Crippen LogP contribution in [0.25, 0.3) is 6.08 Å². The number of aryl methyl sites for hydroxylation is 1. The Balaban J connectivity index is 1.61. The van der Waals surface area contributed by atoms with Crippen molar-refractivity contribution in [2.45, 2.75) is 20.5 Å². The Labute approximate surface area is 197 Å². The molecule has 1 aliphatic heterocycles. The number of rotatable bonds is 7. The summed E-state index contributed by atoms with van der Waals surface area (Å²) < 4.78 is 11.7. The summed E-state index contributed by atoms with van der Waals surface area (Å²) in [5, 5.41) is 1.55. The summed E-state index contributed by atoms with van der Waals surface area (Å²) in [7, 11) is 0. The van der Waals surface area contributed by atoms with E-state index in [2.05, 4.69) is 5.43 Å². The molecule has 1 fully saturated rings. The van der Waals surface area contributed by atoms with E-state index < -0.39 is 11.8 Å². The van der Waals surface area contributed by atoms with E-state index in [4.69, 9.17) is 21.1 Å². The van der Waals surface area contributed by atoms with Gasteiger partial charge in [0.2, 0.25) is 0 Å². The molecule has 0 spiro atoms. The normalized spacial score (nSPS) is 14.5. The Morgan fingerprint density at radius 2 is 1.79 bits per heavy atom. The van der Waals surface area contributed by atoms with Gasteiger partial charge in [0.1, 0.15) is 12.2 Å². The number of hydrogen-bond acceptors (Lipinski definition) is 4. The van der Waals surface area contributed by atoms with Gasteiger partial charge in [0.15, 0.2) is 11.5 Å². The number of anilines is 1. The van der Waals surface area contributed by atoms with Crippen LogP contribution in [0.3, 0.4) is 0 Å². The number of hydrogen-bond donors (Lipinski definition) is 1. The van der Waals surface area contributed by atoms with E-state index in [-0.39, 0.29) is 5.57 Å². The highest BCUT2D eigenvalue weighted by atomic mass is 35.5. The lowest BCUT2D eigenvalue weighted by atomic mass is 10.1. The maximum atomic E-state index is 12.9. The van der Waals surface area contributed by atoms with Crippen LogP contribution in [-0.2, 0) is 16.2 Å². The van der Waals surface area contributed by atoms with Crippen LogP contribution in [0.1, 0.15) is 23.6 Å². The molecule has 1 heterocycles. The average Bonchev–Trinajstić information content (AvgIpc) is 3.08. The highest BCUT2D eigenvalue weighted by Gasteiger charge is 2.34. The maximum absolute atomic E-state index is 12.9. The summed E-state index contributed by atoms with van der Waals surface area (Å²) in [6, 6.07) is 20.3.